The van der Waals surface area contributed by atoms with Crippen LogP contribution in [0.15, 0.2) is 5.57 Å². The van der Waals surface area contributed by atoms with E-state index in [1.807, 2.05) is 20.8 Å². The van der Waals surface area contributed by atoms with Gasteiger partial charge in [0.15, 0.2) is 0 Å². The summed E-state index contributed by atoms with van der Waals surface area (Å²) in [5.74, 6) is 0. The van der Waals surface area contributed by atoms with Crippen LogP contribution in [0.25, 0.3) is 0 Å². The van der Waals surface area contributed by atoms with Crippen molar-refractivity contribution >= 4 is 0 Å². The first-order valence-electron chi connectivity index (χ1n) is 4.12. The van der Waals surface area contributed by atoms with E-state index in [-0.39, 0.29) is 80.3 Å². The first-order chi connectivity index (χ1) is 4.83. The molecule has 0 heterocycles. The Bertz CT molecular complexity index is 106. The van der Waals surface area contributed by atoms with Gasteiger partial charge in [-0.25, -0.2) is 0 Å². The van der Waals surface area contributed by atoms with Crippen LogP contribution in [-0.4, -0.2) is 0 Å². The van der Waals surface area contributed by atoms with Gasteiger partial charge in [0.25, 0.3) is 0 Å². The molecule has 0 aromatic carbocycles. The average molecular weight is 364 g/mol. The largest absolute Gasteiger partial charge is 0.501 e. The minimum atomic E-state index is 0. The minimum Gasteiger partial charge on any atom is -0.501 e. The minimum absolute atomic E-state index is 0. The molecular formula is C13H30Y2-2. The Morgan fingerprint density at radius 3 is 1.13 bits per heavy atom. The van der Waals surface area contributed by atoms with Crippen LogP contribution in [0, 0.1) is 17.9 Å². The molecule has 0 aromatic heterocycles. The van der Waals surface area contributed by atoms with E-state index in [9.17, 15) is 0 Å². The van der Waals surface area contributed by atoms with Gasteiger partial charge in [0.1, 0.15) is 0 Å². The molecule has 0 amide bonds. The zero-order chi connectivity index (χ0) is 9.49. The van der Waals surface area contributed by atoms with Gasteiger partial charge in [-0.15, -0.1) is 0 Å². The predicted octanol–water partition coefficient (Wildman–Crippen LogP) is 5.30. The van der Waals surface area contributed by atoms with Gasteiger partial charge < -0.3 is 12.5 Å². The summed E-state index contributed by atoms with van der Waals surface area (Å²) < 4.78 is 0. The molecule has 0 fully saturated rings. The maximum Gasteiger partial charge on any atom is 0 e. The summed E-state index contributed by atoms with van der Waals surface area (Å²) in [6, 6.07) is 0. The van der Waals surface area contributed by atoms with Crippen LogP contribution in [0.1, 0.15) is 63.3 Å². The van der Waals surface area contributed by atoms with Gasteiger partial charge in [-0.3, -0.25) is 5.57 Å². The van der Waals surface area contributed by atoms with Gasteiger partial charge >= 0.3 is 0 Å². The summed E-state index contributed by atoms with van der Waals surface area (Å²) in [6.45, 7) is 14.6. The zero-order valence-electron chi connectivity index (χ0n) is 10.2. The molecule has 0 bridgehead atoms. The van der Waals surface area contributed by atoms with Crippen LogP contribution >= 0.6 is 0 Å². The van der Waals surface area contributed by atoms with Crippen molar-refractivity contribution in [3.63, 3.8) is 0 Å². The smallest absolute Gasteiger partial charge is 0 e. The van der Waals surface area contributed by atoms with E-state index < -0.39 is 0 Å². The third kappa shape index (κ3) is 64.3. The Labute approximate surface area is 150 Å². The van der Waals surface area contributed by atoms with E-state index >= 15 is 0 Å². The van der Waals surface area contributed by atoms with Gasteiger partial charge in [0.2, 0.25) is 0 Å². The van der Waals surface area contributed by atoms with Crippen LogP contribution in [0.4, 0.5) is 0 Å². The van der Waals surface area contributed by atoms with Crippen LogP contribution in [-0.2, 0) is 65.4 Å². The fourth-order valence-electron chi connectivity index (χ4n) is 0. The Hall–Kier alpha value is 1.95. The molecule has 0 saturated heterocycles. The molecule has 0 atom stereocenters. The van der Waals surface area contributed by atoms with E-state index in [1.54, 1.807) is 0 Å². The molecule has 0 aliphatic carbocycles. The Balaban J connectivity index is -0.0000000215. The molecule has 0 aliphatic rings. The molecule has 90 valence electrons. The summed E-state index contributed by atoms with van der Waals surface area (Å²) in [6.07, 6.45) is 5.13. The second-order valence-corrected chi connectivity index (χ2v) is 3.90. The topological polar surface area (TPSA) is 0 Å². The molecule has 0 rings (SSSR count). The molecule has 15 heavy (non-hydrogen) atoms. The van der Waals surface area contributed by atoms with Gasteiger partial charge in [-0.2, -0.15) is 19.3 Å². The van der Waals surface area contributed by atoms with Gasteiger partial charge in [0.05, 0.1) is 0 Å². The maximum atomic E-state index is 2.94. The van der Waals surface area contributed by atoms with Crippen molar-refractivity contribution in [3.8, 4) is 0 Å². The molecule has 0 aromatic rings. The standard InChI is InChI=1S/C6H13.C5H9.2CH4.2Y/c1-5-6(2,3)4;1-4-5(2)3;;;;/h5H,1-4H3;1-3H3;2*1H4;;/q2*-1;;;;. The van der Waals surface area contributed by atoms with E-state index in [0.717, 1.165) is 0 Å². The van der Waals surface area contributed by atoms with Crippen molar-refractivity contribution in [1.29, 1.82) is 0 Å². The van der Waals surface area contributed by atoms with Crippen molar-refractivity contribution in [2.75, 3.05) is 0 Å². The number of allylic oxidation sites excluding steroid dienone is 2. The third-order valence-electron chi connectivity index (χ3n) is 1.37. The fraction of sp³-hybridized carbons (Fsp3) is 0.769. The van der Waals surface area contributed by atoms with Crippen LogP contribution in [0.5, 0.6) is 0 Å². The normalized spacial score (nSPS) is 7.13. The number of hydrogen-bond donors (Lipinski definition) is 0. The van der Waals surface area contributed by atoms with Gasteiger partial charge in [-0.1, -0.05) is 49.5 Å². The molecule has 0 aliphatic heterocycles. The maximum absolute atomic E-state index is 2.94. The zero-order valence-corrected chi connectivity index (χ0v) is 15.9. The fourth-order valence-corrected chi connectivity index (χ4v) is 0. The molecule has 2 radical (unpaired) electrons. The number of hydrogen-bond acceptors (Lipinski definition) is 0. The average Bonchev–Trinajstić information content (AvgIpc) is 1.88. The molecular weight excluding hydrogens is 334 g/mol. The molecule has 0 saturated carbocycles. The van der Waals surface area contributed by atoms with Gasteiger partial charge in [0, 0.05) is 65.4 Å². The van der Waals surface area contributed by atoms with E-state index in [4.69, 9.17) is 0 Å². The Morgan fingerprint density at radius 1 is 1.00 bits per heavy atom. The van der Waals surface area contributed by atoms with E-state index in [0.29, 0.717) is 5.41 Å². The summed E-state index contributed by atoms with van der Waals surface area (Å²) in [5, 5.41) is 0. The van der Waals surface area contributed by atoms with Gasteiger partial charge in [-0.05, 0) is 0 Å². The summed E-state index contributed by atoms with van der Waals surface area (Å²) in [5.41, 5.74) is 1.67. The van der Waals surface area contributed by atoms with Crippen LogP contribution in [0.3, 0.4) is 0 Å². The molecule has 0 spiro atoms. The third-order valence-corrected chi connectivity index (χ3v) is 1.37. The molecule has 0 N–H and O–H groups in total. The second-order valence-electron chi connectivity index (χ2n) is 3.90. The Kier molecular flexibility index (Phi) is 51.0. The van der Waals surface area contributed by atoms with Crippen molar-refractivity contribution < 1.29 is 65.4 Å². The first-order valence-corrected chi connectivity index (χ1v) is 4.12. The monoisotopic (exact) mass is 364 g/mol. The summed E-state index contributed by atoms with van der Waals surface area (Å²) >= 11 is 0. The van der Waals surface area contributed by atoms with Crippen molar-refractivity contribution in [2.24, 2.45) is 5.41 Å². The first kappa shape index (κ1) is 36.0. The predicted molar refractivity (Wildman–Crippen MR) is 66.7 cm³/mol. The second kappa shape index (κ2) is 21.3. The van der Waals surface area contributed by atoms with Crippen molar-refractivity contribution in [3.05, 3.63) is 18.1 Å². The van der Waals surface area contributed by atoms with E-state index in [1.165, 1.54) is 5.57 Å². The van der Waals surface area contributed by atoms with Crippen LogP contribution in [0.2, 0.25) is 0 Å². The molecule has 0 nitrogen and oxygen atoms in total. The molecule has 2 heteroatoms. The van der Waals surface area contributed by atoms with Crippen molar-refractivity contribution in [1.82, 2.24) is 0 Å². The Morgan fingerprint density at radius 2 is 1.13 bits per heavy atom. The quantitative estimate of drug-likeness (QED) is 0.512. The summed E-state index contributed by atoms with van der Waals surface area (Å²) in [4.78, 5) is 0. The summed E-state index contributed by atoms with van der Waals surface area (Å²) in [7, 11) is 0. The van der Waals surface area contributed by atoms with Crippen molar-refractivity contribution in [2.45, 2.75) is 63.3 Å². The van der Waals surface area contributed by atoms with E-state index in [2.05, 4.69) is 40.2 Å². The number of rotatable bonds is 0. The molecule has 0 unspecified atom stereocenters. The van der Waals surface area contributed by atoms with Crippen LogP contribution < -0.4 is 0 Å². The SMILES string of the molecule is C.C.C[C-]=C(C)C.C[CH-]C(C)(C)C.[Y].[Y].